The van der Waals surface area contributed by atoms with E-state index in [0.29, 0.717) is 19.4 Å². The zero-order valence-electron chi connectivity index (χ0n) is 24.9. The third-order valence-electron chi connectivity index (χ3n) is 7.23. The Morgan fingerprint density at radius 3 is 1.75 bits per heavy atom. The molecule has 2 aromatic rings. The minimum atomic E-state index is -0.360. The van der Waals surface area contributed by atoms with E-state index >= 15 is 0 Å². The highest BCUT2D eigenvalue weighted by Crippen LogP contribution is 2.33. The Bertz CT molecular complexity index is 1030. The highest BCUT2D eigenvalue weighted by atomic mass is 16.5. The molecule has 2 atom stereocenters. The van der Waals surface area contributed by atoms with Gasteiger partial charge in [0.25, 0.3) is 0 Å². The van der Waals surface area contributed by atoms with Gasteiger partial charge in [-0.25, -0.2) is 0 Å². The Morgan fingerprint density at radius 1 is 0.700 bits per heavy atom. The van der Waals surface area contributed by atoms with Gasteiger partial charge in [-0.1, -0.05) is 70.2 Å². The van der Waals surface area contributed by atoms with Gasteiger partial charge in [0, 0.05) is 44.6 Å². The third-order valence-corrected chi connectivity index (χ3v) is 7.23. The topological polar surface area (TPSA) is 68.3 Å². The van der Waals surface area contributed by atoms with Crippen LogP contribution in [0.3, 0.4) is 0 Å². The molecule has 0 bridgehead atoms. The van der Waals surface area contributed by atoms with Crippen molar-refractivity contribution in [2.24, 2.45) is 0 Å². The van der Waals surface area contributed by atoms with Crippen molar-refractivity contribution < 1.29 is 23.8 Å². The number of ether oxygens (including phenoxy) is 3. The van der Waals surface area contributed by atoms with E-state index in [0.717, 1.165) is 74.3 Å². The lowest BCUT2D eigenvalue weighted by atomic mass is 9.87. The van der Waals surface area contributed by atoms with Crippen LogP contribution in [0.2, 0.25) is 0 Å². The van der Waals surface area contributed by atoms with Gasteiger partial charge in [-0.15, -0.1) is 0 Å². The number of carbonyl (C=O) groups is 2. The summed E-state index contributed by atoms with van der Waals surface area (Å²) in [6.45, 7) is 11.7. The first-order valence-corrected chi connectivity index (χ1v) is 15.1. The Hall–Kier alpha value is -2.90. The fourth-order valence-electron chi connectivity index (χ4n) is 5.26. The molecule has 0 radical (unpaired) electrons. The van der Waals surface area contributed by atoms with Crippen LogP contribution in [0.15, 0.2) is 48.5 Å². The van der Waals surface area contributed by atoms with Crippen LogP contribution in [0.25, 0.3) is 0 Å². The van der Waals surface area contributed by atoms with Gasteiger partial charge < -0.3 is 24.0 Å². The van der Waals surface area contributed by atoms with Crippen LogP contribution < -0.4 is 4.74 Å². The molecule has 0 saturated heterocycles. The Balaban J connectivity index is 1.76. The molecule has 7 heteroatoms. The monoisotopic (exact) mass is 552 g/mol. The molecule has 1 aliphatic carbocycles. The first-order valence-electron chi connectivity index (χ1n) is 15.1. The summed E-state index contributed by atoms with van der Waals surface area (Å²) >= 11 is 0. The maximum atomic E-state index is 13.0. The van der Waals surface area contributed by atoms with Crippen LogP contribution in [-0.4, -0.2) is 73.2 Å². The van der Waals surface area contributed by atoms with E-state index in [1.54, 1.807) is 0 Å². The molecule has 3 rings (SSSR count). The zero-order valence-corrected chi connectivity index (χ0v) is 24.9. The molecule has 0 fully saturated rings. The van der Waals surface area contributed by atoms with Crippen LogP contribution >= 0.6 is 0 Å². The number of rotatable bonds is 17. The lowest BCUT2D eigenvalue weighted by molar-refractivity contribution is -0.149. The molecule has 0 saturated carbocycles. The van der Waals surface area contributed by atoms with Crippen LogP contribution in [0.1, 0.15) is 70.1 Å². The van der Waals surface area contributed by atoms with E-state index in [2.05, 4.69) is 33.8 Å². The van der Waals surface area contributed by atoms with Crippen molar-refractivity contribution >= 4 is 11.8 Å². The molecule has 0 unspecified atom stereocenters. The van der Waals surface area contributed by atoms with E-state index in [1.165, 1.54) is 0 Å². The smallest absolute Gasteiger partial charge is 0.248 e. The molecule has 0 aliphatic heterocycles. The van der Waals surface area contributed by atoms with E-state index in [-0.39, 0.29) is 37.2 Å². The maximum absolute atomic E-state index is 13.0. The van der Waals surface area contributed by atoms with Crippen molar-refractivity contribution in [3.63, 3.8) is 0 Å². The number of carbonyl (C=O) groups excluding carboxylic acids is 2. The van der Waals surface area contributed by atoms with Crippen LogP contribution in [0.5, 0.6) is 5.75 Å². The minimum absolute atomic E-state index is 0.00124. The quantitative estimate of drug-likeness (QED) is 0.262. The summed E-state index contributed by atoms with van der Waals surface area (Å²) in [5.41, 5.74) is 3.32. The number of amides is 2. The van der Waals surface area contributed by atoms with Crippen molar-refractivity contribution in [2.45, 2.75) is 85.0 Å². The Morgan fingerprint density at radius 2 is 1.23 bits per heavy atom. The first kappa shape index (κ1) is 31.6. The molecule has 0 heterocycles. The number of fused-ring (bicyclic) bond motifs is 1. The van der Waals surface area contributed by atoms with Gasteiger partial charge in [-0.3, -0.25) is 9.59 Å². The molecule has 220 valence electrons. The molecule has 2 amide bonds. The molecule has 0 spiro atoms. The summed E-state index contributed by atoms with van der Waals surface area (Å²) in [5.74, 6) is 0.822. The highest BCUT2D eigenvalue weighted by molar-refractivity contribution is 5.78. The Kier molecular flexibility index (Phi) is 13.5. The summed E-state index contributed by atoms with van der Waals surface area (Å²) in [6.07, 6.45) is 4.10. The first-order chi connectivity index (χ1) is 19.5. The molecule has 2 aromatic carbocycles. The lowest BCUT2D eigenvalue weighted by Crippen LogP contribution is -2.44. The van der Waals surface area contributed by atoms with Crippen molar-refractivity contribution in [2.75, 3.05) is 39.4 Å². The molecule has 7 nitrogen and oxygen atoms in total. The second-order valence-electron chi connectivity index (χ2n) is 10.5. The van der Waals surface area contributed by atoms with Crippen LogP contribution in [0.4, 0.5) is 0 Å². The van der Waals surface area contributed by atoms with E-state index < -0.39 is 0 Å². The highest BCUT2D eigenvalue weighted by Gasteiger charge is 2.33. The normalized spacial score (nSPS) is 16.3. The fourth-order valence-corrected chi connectivity index (χ4v) is 5.26. The van der Waals surface area contributed by atoms with Gasteiger partial charge >= 0.3 is 0 Å². The third kappa shape index (κ3) is 9.34. The SMILES string of the molecule is CCCN(CCC)C(=O)CO[C@H]1Cc2c(cccc2OCc2ccccc2)C[C@H]1OCC(=O)N(CCC)CCC. The summed E-state index contributed by atoms with van der Waals surface area (Å²) in [6, 6.07) is 16.2. The average Bonchev–Trinajstić information content (AvgIpc) is 2.97. The number of hydrogen-bond donors (Lipinski definition) is 0. The summed E-state index contributed by atoms with van der Waals surface area (Å²) in [5, 5.41) is 0. The predicted octanol–water partition coefficient (Wildman–Crippen LogP) is 5.43. The van der Waals surface area contributed by atoms with E-state index in [9.17, 15) is 9.59 Å². The maximum Gasteiger partial charge on any atom is 0.248 e. The number of hydrogen-bond acceptors (Lipinski definition) is 5. The second-order valence-corrected chi connectivity index (χ2v) is 10.5. The standard InChI is InChI=1S/C33H48N2O5/c1-5-17-34(18-6-2)32(36)24-39-30-21-27-15-12-16-29(38-23-26-13-10-9-11-14-26)28(27)22-31(30)40-25-33(37)35(19-7-3)20-8-4/h9-16,30-31H,5-8,17-25H2,1-4H3/t30-,31+/m1/s1. The summed E-state index contributed by atoms with van der Waals surface area (Å²) < 4.78 is 18.8. The lowest BCUT2D eigenvalue weighted by Gasteiger charge is -2.34. The Labute approximate surface area is 240 Å². The molecule has 40 heavy (non-hydrogen) atoms. The fraction of sp³-hybridized carbons (Fsp3) is 0.576. The van der Waals surface area contributed by atoms with Gasteiger partial charge in [0.15, 0.2) is 0 Å². The summed E-state index contributed by atoms with van der Waals surface area (Å²) in [4.78, 5) is 29.7. The molecule has 0 N–H and O–H groups in total. The zero-order chi connectivity index (χ0) is 28.7. The van der Waals surface area contributed by atoms with E-state index in [4.69, 9.17) is 14.2 Å². The molecule has 1 aliphatic rings. The minimum Gasteiger partial charge on any atom is -0.489 e. The van der Waals surface area contributed by atoms with Gasteiger partial charge in [0.2, 0.25) is 11.8 Å². The van der Waals surface area contributed by atoms with E-state index in [1.807, 2.05) is 52.3 Å². The number of nitrogens with zero attached hydrogens (tertiary/aromatic N) is 2. The van der Waals surface area contributed by atoms with Crippen molar-refractivity contribution in [3.05, 3.63) is 65.2 Å². The van der Waals surface area contributed by atoms with Gasteiger partial charge in [0.1, 0.15) is 25.6 Å². The van der Waals surface area contributed by atoms with Crippen molar-refractivity contribution in [1.29, 1.82) is 0 Å². The average molecular weight is 553 g/mol. The largest absolute Gasteiger partial charge is 0.489 e. The van der Waals surface area contributed by atoms with Crippen LogP contribution in [0, 0.1) is 0 Å². The molecular formula is C33H48N2O5. The van der Waals surface area contributed by atoms with Crippen molar-refractivity contribution in [3.8, 4) is 5.75 Å². The van der Waals surface area contributed by atoms with Gasteiger partial charge in [-0.05, 0) is 42.9 Å². The molecular weight excluding hydrogens is 504 g/mol. The predicted molar refractivity (Wildman–Crippen MR) is 158 cm³/mol. The molecule has 0 aromatic heterocycles. The van der Waals surface area contributed by atoms with Gasteiger partial charge in [0.05, 0.1) is 12.2 Å². The van der Waals surface area contributed by atoms with Crippen LogP contribution in [-0.2, 0) is 38.5 Å². The second kappa shape index (κ2) is 17.0. The van der Waals surface area contributed by atoms with Gasteiger partial charge in [-0.2, -0.15) is 0 Å². The number of benzene rings is 2. The van der Waals surface area contributed by atoms with Crippen molar-refractivity contribution in [1.82, 2.24) is 9.80 Å². The summed E-state index contributed by atoms with van der Waals surface area (Å²) in [7, 11) is 0.